The summed E-state index contributed by atoms with van der Waals surface area (Å²) in [5.74, 6) is 0. The molecule has 0 bridgehead atoms. The lowest BCUT2D eigenvalue weighted by Crippen LogP contribution is -2.15. The first-order valence-corrected chi connectivity index (χ1v) is 4.71. The lowest BCUT2D eigenvalue weighted by molar-refractivity contribution is 0.817. The molecule has 0 saturated carbocycles. The maximum Gasteiger partial charge on any atom is 0.0363 e. The summed E-state index contributed by atoms with van der Waals surface area (Å²) in [4.78, 5) is 2.20. The first-order valence-electron chi connectivity index (χ1n) is 4.71. The van der Waals surface area contributed by atoms with Gasteiger partial charge >= 0.3 is 0 Å². The van der Waals surface area contributed by atoms with Gasteiger partial charge in [0.25, 0.3) is 0 Å². The molecule has 72 valence electrons. The Morgan fingerprint density at radius 3 is 2.23 bits per heavy atom. The van der Waals surface area contributed by atoms with E-state index in [2.05, 4.69) is 43.1 Å². The second kappa shape index (κ2) is 4.28. The summed E-state index contributed by atoms with van der Waals surface area (Å²) < 4.78 is 0. The fraction of sp³-hybridized carbons (Fsp3) is 0.455. The van der Waals surface area contributed by atoms with Crippen LogP contribution in [0.5, 0.6) is 0 Å². The molecular weight excluding hydrogens is 160 g/mol. The van der Waals surface area contributed by atoms with E-state index in [1.54, 1.807) is 0 Å². The van der Waals surface area contributed by atoms with E-state index in [0.717, 1.165) is 6.54 Å². The van der Waals surface area contributed by atoms with E-state index in [1.165, 1.54) is 11.3 Å². The third-order valence-electron chi connectivity index (χ3n) is 2.33. The minimum absolute atomic E-state index is 0.126. The average molecular weight is 178 g/mol. The van der Waals surface area contributed by atoms with Crippen molar-refractivity contribution < 1.29 is 0 Å². The van der Waals surface area contributed by atoms with Crippen molar-refractivity contribution in [1.29, 1.82) is 0 Å². The van der Waals surface area contributed by atoms with Crippen LogP contribution in [0.15, 0.2) is 24.3 Å². The number of hydrogen-bond acceptors (Lipinski definition) is 2. The van der Waals surface area contributed by atoms with Gasteiger partial charge in [0.1, 0.15) is 0 Å². The van der Waals surface area contributed by atoms with Gasteiger partial charge in [0, 0.05) is 25.3 Å². The lowest BCUT2D eigenvalue weighted by atomic mass is 10.1. The monoisotopic (exact) mass is 178 g/mol. The van der Waals surface area contributed by atoms with Gasteiger partial charge in [-0.05, 0) is 31.5 Å². The molecule has 0 aliphatic carbocycles. The molecule has 1 rings (SSSR count). The van der Waals surface area contributed by atoms with Gasteiger partial charge in [0.2, 0.25) is 0 Å². The summed E-state index contributed by atoms with van der Waals surface area (Å²) in [5, 5.41) is 0. The normalized spacial score (nSPS) is 12.6. The average Bonchev–Trinajstić information content (AvgIpc) is 2.17. The Hall–Kier alpha value is -1.02. The second-order valence-electron chi connectivity index (χ2n) is 3.39. The topological polar surface area (TPSA) is 29.3 Å². The predicted molar refractivity (Wildman–Crippen MR) is 58.0 cm³/mol. The van der Waals surface area contributed by atoms with Gasteiger partial charge in [-0.25, -0.2) is 0 Å². The van der Waals surface area contributed by atoms with Crippen LogP contribution in [0.25, 0.3) is 0 Å². The van der Waals surface area contributed by atoms with E-state index >= 15 is 0 Å². The summed E-state index contributed by atoms with van der Waals surface area (Å²) in [5.41, 5.74) is 8.19. The van der Waals surface area contributed by atoms with E-state index in [4.69, 9.17) is 5.73 Å². The number of anilines is 1. The van der Waals surface area contributed by atoms with Crippen LogP contribution in [0, 0.1) is 0 Å². The molecule has 13 heavy (non-hydrogen) atoms. The third kappa shape index (κ3) is 2.46. The van der Waals surface area contributed by atoms with E-state index in [0.29, 0.717) is 0 Å². The zero-order valence-corrected chi connectivity index (χ0v) is 8.62. The largest absolute Gasteiger partial charge is 0.375 e. The van der Waals surface area contributed by atoms with Crippen molar-refractivity contribution in [3.63, 3.8) is 0 Å². The van der Waals surface area contributed by atoms with Gasteiger partial charge in [-0.15, -0.1) is 0 Å². The Kier molecular flexibility index (Phi) is 3.32. The molecule has 0 fully saturated rings. The molecule has 2 N–H and O–H groups in total. The summed E-state index contributed by atoms with van der Waals surface area (Å²) in [6, 6.07) is 8.53. The van der Waals surface area contributed by atoms with Crippen molar-refractivity contribution in [1.82, 2.24) is 0 Å². The lowest BCUT2D eigenvalue weighted by Gasteiger charge is -2.17. The van der Waals surface area contributed by atoms with Gasteiger partial charge in [-0.3, -0.25) is 0 Å². The molecular formula is C11H18N2. The molecule has 0 aliphatic rings. The van der Waals surface area contributed by atoms with Crippen LogP contribution in [0.3, 0.4) is 0 Å². The van der Waals surface area contributed by atoms with Gasteiger partial charge < -0.3 is 10.6 Å². The Labute approximate surface area is 80.4 Å². The smallest absolute Gasteiger partial charge is 0.0363 e. The fourth-order valence-corrected chi connectivity index (χ4v) is 1.21. The standard InChI is InChI=1S/C11H18N2/c1-4-13(3)11-7-5-10(6-8-11)9(2)12/h5-9H,4,12H2,1-3H3/t9-/m0/s1. The molecule has 1 aromatic rings. The van der Waals surface area contributed by atoms with Crippen LogP contribution in [0.1, 0.15) is 25.5 Å². The van der Waals surface area contributed by atoms with E-state index in [9.17, 15) is 0 Å². The molecule has 0 aliphatic heterocycles. The highest BCUT2D eigenvalue weighted by Gasteiger charge is 2.00. The Bertz CT molecular complexity index is 251. The summed E-state index contributed by atoms with van der Waals surface area (Å²) in [7, 11) is 2.08. The van der Waals surface area contributed by atoms with Gasteiger partial charge in [-0.1, -0.05) is 12.1 Å². The van der Waals surface area contributed by atoms with Crippen molar-refractivity contribution in [2.24, 2.45) is 5.73 Å². The molecule has 1 aromatic carbocycles. The van der Waals surface area contributed by atoms with Crippen LogP contribution < -0.4 is 10.6 Å². The molecule has 2 heteroatoms. The van der Waals surface area contributed by atoms with Crippen LogP contribution >= 0.6 is 0 Å². The van der Waals surface area contributed by atoms with Crippen LogP contribution in [0.2, 0.25) is 0 Å². The highest BCUT2D eigenvalue weighted by Crippen LogP contribution is 2.16. The first-order chi connectivity index (χ1) is 6.15. The quantitative estimate of drug-likeness (QED) is 0.768. The summed E-state index contributed by atoms with van der Waals surface area (Å²) >= 11 is 0. The van der Waals surface area contributed by atoms with Gasteiger partial charge in [-0.2, -0.15) is 0 Å². The molecule has 0 aromatic heterocycles. The number of hydrogen-bond donors (Lipinski definition) is 1. The van der Waals surface area contributed by atoms with Crippen LogP contribution in [0.4, 0.5) is 5.69 Å². The molecule has 0 heterocycles. The van der Waals surface area contributed by atoms with E-state index < -0.39 is 0 Å². The summed E-state index contributed by atoms with van der Waals surface area (Å²) in [6.07, 6.45) is 0. The molecule has 1 atom stereocenters. The highest BCUT2D eigenvalue weighted by molar-refractivity contribution is 5.47. The SMILES string of the molecule is CCN(C)c1ccc([C@H](C)N)cc1. The van der Waals surface area contributed by atoms with Crippen molar-refractivity contribution in [3.05, 3.63) is 29.8 Å². The van der Waals surface area contributed by atoms with Gasteiger partial charge in [0.15, 0.2) is 0 Å². The highest BCUT2D eigenvalue weighted by atomic mass is 15.1. The Morgan fingerprint density at radius 1 is 1.31 bits per heavy atom. The van der Waals surface area contributed by atoms with Crippen molar-refractivity contribution in [2.75, 3.05) is 18.5 Å². The Balaban J connectivity index is 2.81. The van der Waals surface area contributed by atoms with Crippen LogP contribution in [-0.4, -0.2) is 13.6 Å². The van der Waals surface area contributed by atoms with E-state index in [1.807, 2.05) is 6.92 Å². The zero-order chi connectivity index (χ0) is 9.84. The molecule has 0 amide bonds. The Morgan fingerprint density at radius 2 is 1.85 bits per heavy atom. The molecule has 0 radical (unpaired) electrons. The molecule has 0 saturated heterocycles. The van der Waals surface area contributed by atoms with Crippen molar-refractivity contribution in [3.8, 4) is 0 Å². The maximum absolute atomic E-state index is 5.76. The fourth-order valence-electron chi connectivity index (χ4n) is 1.21. The first kappa shape index (κ1) is 10.1. The van der Waals surface area contributed by atoms with E-state index in [-0.39, 0.29) is 6.04 Å². The van der Waals surface area contributed by atoms with Crippen LogP contribution in [-0.2, 0) is 0 Å². The molecule has 2 nitrogen and oxygen atoms in total. The second-order valence-corrected chi connectivity index (χ2v) is 3.39. The summed E-state index contributed by atoms with van der Waals surface area (Å²) in [6.45, 7) is 5.16. The zero-order valence-electron chi connectivity index (χ0n) is 8.62. The van der Waals surface area contributed by atoms with Crippen molar-refractivity contribution >= 4 is 5.69 Å². The number of nitrogens with two attached hydrogens (primary N) is 1. The molecule has 0 spiro atoms. The minimum Gasteiger partial charge on any atom is -0.375 e. The number of benzene rings is 1. The predicted octanol–water partition coefficient (Wildman–Crippen LogP) is 2.16. The maximum atomic E-state index is 5.76. The number of nitrogens with zero attached hydrogens (tertiary/aromatic N) is 1. The minimum atomic E-state index is 0.126. The molecule has 0 unspecified atom stereocenters. The van der Waals surface area contributed by atoms with Crippen molar-refractivity contribution in [2.45, 2.75) is 19.9 Å². The number of rotatable bonds is 3. The third-order valence-corrected chi connectivity index (χ3v) is 2.33. The van der Waals surface area contributed by atoms with Gasteiger partial charge in [0.05, 0.1) is 0 Å².